The van der Waals surface area contributed by atoms with Crippen LogP contribution in [0.1, 0.15) is 12.0 Å². The zero-order chi connectivity index (χ0) is 14.4. The van der Waals surface area contributed by atoms with Crippen LogP contribution in [0.5, 0.6) is 0 Å². The SMILES string of the molecule is O=[N+]([O-])c1ccc(Cl)nc1NCCCc1ccccc1. The normalized spacial score (nSPS) is 10.2. The smallest absolute Gasteiger partial charge is 0.311 e. The number of halogens is 1. The molecule has 2 aromatic rings. The molecule has 20 heavy (non-hydrogen) atoms. The quantitative estimate of drug-likeness (QED) is 0.381. The molecule has 6 heteroatoms. The van der Waals surface area contributed by atoms with Crippen molar-refractivity contribution < 1.29 is 4.92 Å². The van der Waals surface area contributed by atoms with Crippen molar-refractivity contribution >= 4 is 23.1 Å². The maximum Gasteiger partial charge on any atom is 0.311 e. The van der Waals surface area contributed by atoms with Crippen LogP contribution in [0, 0.1) is 10.1 Å². The number of aromatic nitrogens is 1. The summed E-state index contributed by atoms with van der Waals surface area (Å²) in [4.78, 5) is 14.4. The second kappa shape index (κ2) is 6.86. The number of hydrogen-bond donors (Lipinski definition) is 1. The first kappa shape index (κ1) is 14.3. The first-order valence-corrected chi connectivity index (χ1v) is 6.63. The Morgan fingerprint density at radius 3 is 2.65 bits per heavy atom. The van der Waals surface area contributed by atoms with E-state index in [0.29, 0.717) is 6.54 Å². The summed E-state index contributed by atoms with van der Waals surface area (Å²) >= 11 is 5.76. The van der Waals surface area contributed by atoms with Crippen LogP contribution in [0.4, 0.5) is 11.5 Å². The van der Waals surface area contributed by atoms with E-state index >= 15 is 0 Å². The molecule has 0 spiro atoms. The second-order valence-electron chi connectivity index (χ2n) is 4.27. The summed E-state index contributed by atoms with van der Waals surface area (Å²) in [6.45, 7) is 0.600. The topological polar surface area (TPSA) is 68.1 Å². The van der Waals surface area contributed by atoms with Crippen molar-refractivity contribution in [2.75, 3.05) is 11.9 Å². The van der Waals surface area contributed by atoms with Gasteiger partial charge >= 0.3 is 5.69 Å². The van der Waals surface area contributed by atoms with Crippen molar-refractivity contribution in [2.45, 2.75) is 12.8 Å². The zero-order valence-electron chi connectivity index (χ0n) is 10.8. The van der Waals surface area contributed by atoms with Crippen LogP contribution in [0.15, 0.2) is 42.5 Å². The van der Waals surface area contributed by atoms with E-state index in [4.69, 9.17) is 11.6 Å². The summed E-state index contributed by atoms with van der Waals surface area (Å²) < 4.78 is 0. The Morgan fingerprint density at radius 2 is 1.95 bits per heavy atom. The maximum absolute atomic E-state index is 10.9. The lowest BCUT2D eigenvalue weighted by molar-refractivity contribution is -0.384. The lowest BCUT2D eigenvalue weighted by Gasteiger charge is -2.06. The van der Waals surface area contributed by atoms with Gasteiger partial charge in [-0.15, -0.1) is 0 Å². The Labute approximate surface area is 121 Å². The van der Waals surface area contributed by atoms with Crippen molar-refractivity contribution in [3.8, 4) is 0 Å². The standard InChI is InChI=1S/C14H14ClN3O2/c15-13-9-8-12(18(19)20)14(17-13)16-10-4-7-11-5-2-1-3-6-11/h1-3,5-6,8-9H,4,7,10H2,(H,16,17). The van der Waals surface area contributed by atoms with Crippen LogP contribution >= 0.6 is 11.6 Å². The largest absolute Gasteiger partial charge is 0.364 e. The molecule has 1 aromatic heterocycles. The predicted molar refractivity (Wildman–Crippen MR) is 79.2 cm³/mol. The molecule has 0 aliphatic carbocycles. The van der Waals surface area contributed by atoms with E-state index in [-0.39, 0.29) is 16.7 Å². The molecule has 2 rings (SSSR count). The first-order chi connectivity index (χ1) is 9.66. The lowest BCUT2D eigenvalue weighted by atomic mass is 10.1. The Hall–Kier alpha value is -2.14. The van der Waals surface area contributed by atoms with Crippen LogP contribution in [0.2, 0.25) is 5.15 Å². The highest BCUT2D eigenvalue weighted by molar-refractivity contribution is 6.29. The van der Waals surface area contributed by atoms with Crippen LogP contribution in [-0.2, 0) is 6.42 Å². The molecular weight excluding hydrogens is 278 g/mol. The Balaban J connectivity index is 1.91. The number of rotatable bonds is 6. The minimum absolute atomic E-state index is 0.0610. The Bertz CT molecular complexity index is 590. The summed E-state index contributed by atoms with van der Waals surface area (Å²) in [5.41, 5.74) is 1.18. The number of benzene rings is 1. The fourth-order valence-corrected chi connectivity index (χ4v) is 2.00. The van der Waals surface area contributed by atoms with E-state index in [9.17, 15) is 10.1 Å². The lowest BCUT2D eigenvalue weighted by Crippen LogP contribution is -2.07. The van der Waals surface area contributed by atoms with Gasteiger partial charge in [0.25, 0.3) is 0 Å². The molecule has 0 saturated carbocycles. The summed E-state index contributed by atoms with van der Waals surface area (Å²) in [6, 6.07) is 12.8. The highest BCUT2D eigenvalue weighted by atomic mass is 35.5. The van der Waals surface area contributed by atoms with Gasteiger partial charge < -0.3 is 5.32 Å². The Kier molecular flexibility index (Phi) is 4.90. The zero-order valence-corrected chi connectivity index (χ0v) is 11.5. The number of nitrogens with zero attached hydrogens (tertiary/aromatic N) is 2. The van der Waals surface area contributed by atoms with Crippen LogP contribution in [0.25, 0.3) is 0 Å². The summed E-state index contributed by atoms with van der Waals surface area (Å²) in [6.07, 6.45) is 1.76. The van der Waals surface area contributed by atoms with E-state index < -0.39 is 4.92 Å². The predicted octanol–water partition coefficient (Wildman–Crippen LogP) is 3.69. The fraction of sp³-hybridized carbons (Fsp3) is 0.214. The van der Waals surface area contributed by atoms with Gasteiger partial charge in [-0.25, -0.2) is 4.98 Å². The summed E-state index contributed by atoms with van der Waals surface area (Å²) in [7, 11) is 0. The van der Waals surface area contributed by atoms with E-state index in [0.717, 1.165) is 12.8 Å². The van der Waals surface area contributed by atoms with Crippen molar-refractivity contribution in [3.05, 3.63) is 63.3 Å². The molecule has 0 atom stereocenters. The maximum atomic E-state index is 10.9. The third-order valence-corrected chi connectivity index (χ3v) is 3.02. The number of pyridine rings is 1. The van der Waals surface area contributed by atoms with Crippen LogP contribution < -0.4 is 5.32 Å². The third-order valence-electron chi connectivity index (χ3n) is 2.81. The molecule has 0 radical (unpaired) electrons. The number of anilines is 1. The van der Waals surface area contributed by atoms with Crippen molar-refractivity contribution in [2.24, 2.45) is 0 Å². The number of hydrogen-bond acceptors (Lipinski definition) is 4. The van der Waals surface area contributed by atoms with Crippen LogP contribution in [0.3, 0.4) is 0 Å². The van der Waals surface area contributed by atoms with Gasteiger partial charge in [-0.05, 0) is 24.5 Å². The number of aryl methyl sites for hydroxylation is 1. The number of nitro groups is 1. The van der Waals surface area contributed by atoms with E-state index in [2.05, 4.69) is 22.4 Å². The van der Waals surface area contributed by atoms with Gasteiger partial charge in [0.05, 0.1) is 4.92 Å². The second-order valence-corrected chi connectivity index (χ2v) is 4.66. The molecule has 104 valence electrons. The fourth-order valence-electron chi connectivity index (χ4n) is 1.85. The molecule has 0 unspecified atom stereocenters. The average molecular weight is 292 g/mol. The Morgan fingerprint density at radius 1 is 1.20 bits per heavy atom. The molecular formula is C14H14ClN3O2. The monoisotopic (exact) mass is 291 g/mol. The molecule has 0 bridgehead atoms. The molecule has 0 aliphatic heterocycles. The van der Waals surface area contributed by atoms with Gasteiger partial charge in [-0.1, -0.05) is 41.9 Å². The summed E-state index contributed by atoms with van der Waals surface area (Å²) in [5, 5.41) is 14.1. The van der Waals surface area contributed by atoms with Gasteiger partial charge in [0, 0.05) is 12.6 Å². The van der Waals surface area contributed by atoms with Gasteiger partial charge in [0.2, 0.25) is 5.82 Å². The molecule has 0 saturated heterocycles. The molecule has 1 heterocycles. The van der Waals surface area contributed by atoms with Gasteiger partial charge in [-0.2, -0.15) is 0 Å². The average Bonchev–Trinajstić information content (AvgIpc) is 2.44. The van der Waals surface area contributed by atoms with E-state index in [1.54, 1.807) is 0 Å². The molecule has 1 aromatic carbocycles. The van der Waals surface area contributed by atoms with Gasteiger partial charge in [0.1, 0.15) is 5.15 Å². The minimum Gasteiger partial charge on any atom is -0.364 e. The van der Waals surface area contributed by atoms with Gasteiger partial charge in [0.15, 0.2) is 0 Å². The van der Waals surface area contributed by atoms with E-state index in [1.807, 2.05) is 18.2 Å². The minimum atomic E-state index is -0.469. The highest BCUT2D eigenvalue weighted by Gasteiger charge is 2.14. The molecule has 5 nitrogen and oxygen atoms in total. The van der Waals surface area contributed by atoms with Crippen molar-refractivity contribution in [1.29, 1.82) is 0 Å². The first-order valence-electron chi connectivity index (χ1n) is 6.25. The number of nitrogens with one attached hydrogen (secondary N) is 1. The summed E-state index contributed by atoms with van der Waals surface area (Å²) in [5.74, 6) is 0.218. The van der Waals surface area contributed by atoms with E-state index in [1.165, 1.54) is 17.7 Å². The molecule has 0 amide bonds. The van der Waals surface area contributed by atoms with Crippen LogP contribution in [-0.4, -0.2) is 16.5 Å². The molecule has 0 fully saturated rings. The highest BCUT2D eigenvalue weighted by Crippen LogP contribution is 2.23. The molecule has 0 aliphatic rings. The third kappa shape index (κ3) is 3.93. The van der Waals surface area contributed by atoms with Gasteiger partial charge in [-0.3, -0.25) is 10.1 Å². The molecule has 1 N–H and O–H groups in total. The van der Waals surface area contributed by atoms with Crippen molar-refractivity contribution in [1.82, 2.24) is 4.98 Å². The van der Waals surface area contributed by atoms with Crippen molar-refractivity contribution in [3.63, 3.8) is 0 Å².